The molecule has 7 nitrogen and oxygen atoms in total. The number of hydrogen-bond acceptors (Lipinski definition) is 5. The van der Waals surface area contributed by atoms with E-state index >= 15 is 0 Å². The third kappa shape index (κ3) is 3.05. The number of imidazole rings is 1. The van der Waals surface area contributed by atoms with Crippen molar-refractivity contribution < 1.29 is 4.74 Å². The van der Waals surface area contributed by atoms with Crippen molar-refractivity contribution in [1.82, 2.24) is 29.2 Å². The Morgan fingerprint density at radius 1 is 1.23 bits per heavy atom. The molecule has 2 aliphatic heterocycles. The second-order valence-electron chi connectivity index (χ2n) is 6.40. The Morgan fingerprint density at radius 2 is 2.23 bits per heavy atom. The molecule has 2 aromatic rings. The fraction of sp³-hybridized carbons (Fsp3) is 0.667. The van der Waals surface area contributed by atoms with Crippen LogP contribution >= 0.6 is 0 Å². The van der Waals surface area contributed by atoms with Gasteiger partial charge in [0.05, 0.1) is 13.2 Å². The van der Waals surface area contributed by atoms with Crippen LogP contribution in [0.2, 0.25) is 0 Å². The minimum absolute atomic E-state index is 0.513. The van der Waals surface area contributed by atoms with Gasteiger partial charge in [-0.05, 0) is 12.3 Å². The van der Waals surface area contributed by atoms with Crippen molar-refractivity contribution in [2.75, 3.05) is 26.3 Å². The predicted molar refractivity (Wildman–Crippen MR) is 79.9 cm³/mol. The normalized spacial score (nSPS) is 26.0. The standard InChI is InChI=1S/C15H22N6O/c1-4-22-10-13(1)5-19-6-14(8-21-12-16-11-18-21)7-20-3-2-17-15(20)9-19/h2-3,11-14H,1,4-10H2/t13-,14-/m1/s1. The summed E-state index contributed by atoms with van der Waals surface area (Å²) in [6, 6.07) is 0. The smallest absolute Gasteiger partial charge is 0.137 e. The van der Waals surface area contributed by atoms with Gasteiger partial charge in [0.25, 0.3) is 0 Å². The molecule has 0 unspecified atom stereocenters. The Kier molecular flexibility index (Phi) is 3.90. The fourth-order valence-corrected chi connectivity index (χ4v) is 3.56. The van der Waals surface area contributed by atoms with Gasteiger partial charge in [0.15, 0.2) is 0 Å². The molecule has 0 N–H and O–H groups in total. The molecule has 0 radical (unpaired) electrons. The highest BCUT2D eigenvalue weighted by Crippen LogP contribution is 2.20. The van der Waals surface area contributed by atoms with E-state index in [-0.39, 0.29) is 0 Å². The second-order valence-corrected chi connectivity index (χ2v) is 6.40. The van der Waals surface area contributed by atoms with Crippen LogP contribution in [0.25, 0.3) is 0 Å². The largest absolute Gasteiger partial charge is 0.381 e. The third-order valence-corrected chi connectivity index (χ3v) is 4.59. The first-order chi connectivity index (χ1) is 10.9. The van der Waals surface area contributed by atoms with E-state index in [1.54, 1.807) is 12.7 Å². The Bertz CT molecular complexity index is 589. The van der Waals surface area contributed by atoms with Crippen molar-refractivity contribution in [2.24, 2.45) is 11.8 Å². The van der Waals surface area contributed by atoms with Crippen LogP contribution in [0.15, 0.2) is 25.0 Å². The number of ether oxygens (including phenoxy) is 1. The fourth-order valence-electron chi connectivity index (χ4n) is 3.56. The van der Waals surface area contributed by atoms with Gasteiger partial charge in [0.2, 0.25) is 0 Å². The van der Waals surface area contributed by atoms with Crippen LogP contribution in [0.5, 0.6) is 0 Å². The molecule has 2 aromatic heterocycles. The Morgan fingerprint density at radius 3 is 3.05 bits per heavy atom. The SMILES string of the molecule is c1cn2c(n1)CN(C[C@H]1CCOC1)C[C@@H](Cn1cncn1)C2. The average Bonchev–Trinajstić information content (AvgIpc) is 3.22. The second kappa shape index (κ2) is 6.18. The van der Waals surface area contributed by atoms with E-state index < -0.39 is 0 Å². The Labute approximate surface area is 129 Å². The van der Waals surface area contributed by atoms with Crippen LogP contribution in [0.1, 0.15) is 12.2 Å². The van der Waals surface area contributed by atoms with Crippen LogP contribution in [0, 0.1) is 11.8 Å². The molecule has 4 heterocycles. The first kappa shape index (κ1) is 13.9. The molecule has 0 spiro atoms. The summed E-state index contributed by atoms with van der Waals surface area (Å²) in [4.78, 5) is 11.1. The monoisotopic (exact) mass is 302 g/mol. The highest BCUT2D eigenvalue weighted by Gasteiger charge is 2.26. The van der Waals surface area contributed by atoms with E-state index in [0.717, 1.165) is 45.9 Å². The summed E-state index contributed by atoms with van der Waals surface area (Å²) in [7, 11) is 0. The minimum atomic E-state index is 0.513. The van der Waals surface area contributed by atoms with E-state index in [0.29, 0.717) is 11.8 Å². The first-order valence-corrected chi connectivity index (χ1v) is 7.99. The van der Waals surface area contributed by atoms with Crippen molar-refractivity contribution in [3.63, 3.8) is 0 Å². The molecule has 22 heavy (non-hydrogen) atoms. The number of nitrogens with zero attached hydrogens (tertiary/aromatic N) is 6. The summed E-state index contributed by atoms with van der Waals surface area (Å²) in [5.41, 5.74) is 0. The van der Waals surface area contributed by atoms with E-state index in [1.165, 1.54) is 12.2 Å². The van der Waals surface area contributed by atoms with Gasteiger partial charge in [-0.3, -0.25) is 9.58 Å². The zero-order valence-electron chi connectivity index (χ0n) is 12.7. The van der Waals surface area contributed by atoms with Gasteiger partial charge in [-0.15, -0.1) is 0 Å². The topological polar surface area (TPSA) is 61.0 Å². The molecule has 118 valence electrons. The molecular weight excluding hydrogens is 280 g/mol. The minimum Gasteiger partial charge on any atom is -0.381 e. The molecule has 0 saturated carbocycles. The Balaban J connectivity index is 1.49. The number of hydrogen-bond donors (Lipinski definition) is 0. The van der Waals surface area contributed by atoms with Gasteiger partial charge < -0.3 is 9.30 Å². The van der Waals surface area contributed by atoms with Crippen molar-refractivity contribution in [3.8, 4) is 0 Å². The van der Waals surface area contributed by atoms with E-state index in [1.807, 2.05) is 10.9 Å². The van der Waals surface area contributed by atoms with Crippen LogP contribution in [0.4, 0.5) is 0 Å². The van der Waals surface area contributed by atoms with E-state index in [9.17, 15) is 0 Å². The number of aromatic nitrogens is 5. The van der Waals surface area contributed by atoms with Crippen molar-refractivity contribution in [2.45, 2.75) is 26.1 Å². The van der Waals surface area contributed by atoms with Gasteiger partial charge in [-0.2, -0.15) is 5.10 Å². The lowest BCUT2D eigenvalue weighted by Crippen LogP contribution is -2.34. The highest BCUT2D eigenvalue weighted by molar-refractivity contribution is 4.96. The molecule has 1 saturated heterocycles. The van der Waals surface area contributed by atoms with Gasteiger partial charge in [0, 0.05) is 51.1 Å². The molecule has 2 aliphatic rings. The average molecular weight is 302 g/mol. The molecule has 1 fully saturated rings. The van der Waals surface area contributed by atoms with Gasteiger partial charge in [-0.25, -0.2) is 9.97 Å². The van der Waals surface area contributed by atoms with Gasteiger partial charge >= 0.3 is 0 Å². The molecular formula is C15H22N6O. The maximum atomic E-state index is 5.53. The zero-order chi connectivity index (χ0) is 14.8. The zero-order valence-corrected chi connectivity index (χ0v) is 12.7. The summed E-state index contributed by atoms with van der Waals surface area (Å²) >= 11 is 0. The Hall–Kier alpha value is -1.73. The van der Waals surface area contributed by atoms with Gasteiger partial charge in [0.1, 0.15) is 18.5 Å². The maximum absolute atomic E-state index is 5.53. The van der Waals surface area contributed by atoms with Crippen molar-refractivity contribution in [1.29, 1.82) is 0 Å². The molecule has 0 amide bonds. The predicted octanol–water partition coefficient (Wildman–Crippen LogP) is 0.643. The summed E-state index contributed by atoms with van der Waals surface area (Å²) in [6.45, 7) is 6.80. The van der Waals surface area contributed by atoms with Crippen LogP contribution in [0.3, 0.4) is 0 Å². The van der Waals surface area contributed by atoms with Crippen LogP contribution in [-0.2, 0) is 24.4 Å². The lowest BCUT2D eigenvalue weighted by Gasteiger charge is -2.25. The van der Waals surface area contributed by atoms with Crippen LogP contribution in [-0.4, -0.2) is 55.5 Å². The summed E-state index contributed by atoms with van der Waals surface area (Å²) in [5, 5.41) is 4.26. The summed E-state index contributed by atoms with van der Waals surface area (Å²) in [6.07, 6.45) is 8.58. The quantitative estimate of drug-likeness (QED) is 0.829. The highest BCUT2D eigenvalue weighted by atomic mass is 16.5. The van der Waals surface area contributed by atoms with Crippen molar-refractivity contribution in [3.05, 3.63) is 30.9 Å². The van der Waals surface area contributed by atoms with E-state index in [4.69, 9.17) is 4.74 Å². The maximum Gasteiger partial charge on any atom is 0.137 e. The summed E-state index contributed by atoms with van der Waals surface area (Å²) < 4.78 is 9.74. The first-order valence-electron chi connectivity index (χ1n) is 7.99. The molecule has 2 atom stereocenters. The molecule has 0 bridgehead atoms. The number of fused-ring (bicyclic) bond motifs is 1. The summed E-state index contributed by atoms with van der Waals surface area (Å²) in [5.74, 6) is 2.34. The molecule has 4 rings (SSSR count). The lowest BCUT2D eigenvalue weighted by molar-refractivity contribution is 0.153. The van der Waals surface area contributed by atoms with Crippen molar-refractivity contribution >= 4 is 0 Å². The number of rotatable bonds is 4. The molecule has 0 aliphatic carbocycles. The lowest BCUT2D eigenvalue weighted by atomic mass is 10.1. The van der Waals surface area contributed by atoms with Gasteiger partial charge in [-0.1, -0.05) is 0 Å². The van der Waals surface area contributed by atoms with Crippen LogP contribution < -0.4 is 0 Å². The van der Waals surface area contributed by atoms with E-state index in [2.05, 4.69) is 30.7 Å². The molecule has 7 heteroatoms. The molecule has 0 aromatic carbocycles. The third-order valence-electron chi connectivity index (χ3n) is 4.59.